The molecule has 0 radical (unpaired) electrons. The van der Waals surface area contributed by atoms with Crippen LogP contribution in [0.2, 0.25) is 0 Å². The smallest absolute Gasteiger partial charge is 0.274 e. The first-order valence-electron chi connectivity index (χ1n) is 9.91. The Bertz CT molecular complexity index is 845. The van der Waals surface area contributed by atoms with Crippen LogP contribution in [0.25, 0.3) is 11.0 Å². The molecule has 3 heterocycles. The zero-order valence-electron chi connectivity index (χ0n) is 15.8. The average molecular weight is 366 g/mol. The zero-order valence-corrected chi connectivity index (χ0v) is 15.8. The van der Waals surface area contributed by atoms with E-state index >= 15 is 0 Å². The van der Waals surface area contributed by atoms with Crippen LogP contribution < -0.4 is 0 Å². The SMILES string of the molecule is CC1CCCN(C(=O)C2CCN(C(=O)c3cnc4ccccc4n3)CC2)C1. The largest absolute Gasteiger partial charge is 0.342 e. The summed E-state index contributed by atoms with van der Waals surface area (Å²) in [7, 11) is 0. The Hall–Kier alpha value is -2.50. The van der Waals surface area contributed by atoms with Crippen LogP contribution in [-0.2, 0) is 4.79 Å². The van der Waals surface area contributed by atoms with E-state index in [2.05, 4.69) is 16.9 Å². The second-order valence-electron chi connectivity index (χ2n) is 7.84. The maximum atomic E-state index is 12.8. The summed E-state index contributed by atoms with van der Waals surface area (Å²) < 4.78 is 0. The maximum Gasteiger partial charge on any atom is 0.274 e. The summed E-state index contributed by atoms with van der Waals surface area (Å²) in [5, 5.41) is 0. The van der Waals surface area contributed by atoms with E-state index in [1.807, 2.05) is 29.2 Å². The lowest BCUT2D eigenvalue weighted by Crippen LogP contribution is -2.47. The number of piperidine rings is 2. The van der Waals surface area contributed by atoms with Gasteiger partial charge in [0.25, 0.3) is 5.91 Å². The summed E-state index contributed by atoms with van der Waals surface area (Å²) in [6, 6.07) is 7.55. The van der Waals surface area contributed by atoms with E-state index in [0.29, 0.717) is 24.7 Å². The van der Waals surface area contributed by atoms with Crippen LogP contribution in [0, 0.1) is 11.8 Å². The number of amides is 2. The lowest BCUT2D eigenvalue weighted by atomic mass is 9.92. The van der Waals surface area contributed by atoms with Crippen molar-refractivity contribution < 1.29 is 9.59 Å². The molecule has 1 atom stereocenters. The lowest BCUT2D eigenvalue weighted by Gasteiger charge is -2.37. The highest BCUT2D eigenvalue weighted by atomic mass is 16.2. The second-order valence-corrected chi connectivity index (χ2v) is 7.84. The van der Waals surface area contributed by atoms with Crippen LogP contribution in [0.3, 0.4) is 0 Å². The van der Waals surface area contributed by atoms with Crippen molar-refractivity contribution in [3.63, 3.8) is 0 Å². The number of carbonyl (C=O) groups is 2. The van der Waals surface area contributed by atoms with Gasteiger partial charge < -0.3 is 9.80 Å². The van der Waals surface area contributed by atoms with Gasteiger partial charge >= 0.3 is 0 Å². The molecule has 0 aliphatic carbocycles. The van der Waals surface area contributed by atoms with Crippen LogP contribution in [-0.4, -0.2) is 57.8 Å². The number of hydrogen-bond donors (Lipinski definition) is 0. The quantitative estimate of drug-likeness (QED) is 0.820. The number of hydrogen-bond acceptors (Lipinski definition) is 4. The third-order valence-electron chi connectivity index (χ3n) is 5.77. The Labute approximate surface area is 159 Å². The minimum Gasteiger partial charge on any atom is -0.342 e. The van der Waals surface area contributed by atoms with E-state index in [1.165, 1.54) is 6.42 Å². The highest BCUT2D eigenvalue weighted by Crippen LogP contribution is 2.24. The normalized spacial score (nSPS) is 21.4. The van der Waals surface area contributed by atoms with Crippen LogP contribution >= 0.6 is 0 Å². The third kappa shape index (κ3) is 3.80. The Morgan fingerprint density at radius 3 is 2.48 bits per heavy atom. The summed E-state index contributed by atoms with van der Waals surface area (Å²) in [4.78, 5) is 38.2. The summed E-state index contributed by atoms with van der Waals surface area (Å²) in [6.07, 6.45) is 5.33. The van der Waals surface area contributed by atoms with E-state index in [9.17, 15) is 9.59 Å². The minimum atomic E-state index is -0.0919. The van der Waals surface area contributed by atoms with Gasteiger partial charge in [-0.05, 0) is 43.7 Å². The van der Waals surface area contributed by atoms with Gasteiger partial charge in [-0.25, -0.2) is 4.98 Å². The van der Waals surface area contributed by atoms with Gasteiger partial charge in [0.1, 0.15) is 5.69 Å². The van der Waals surface area contributed by atoms with Crippen LogP contribution in [0.5, 0.6) is 0 Å². The van der Waals surface area contributed by atoms with Crippen molar-refractivity contribution in [3.8, 4) is 0 Å². The molecular weight excluding hydrogens is 340 g/mol. The van der Waals surface area contributed by atoms with Crippen molar-refractivity contribution >= 4 is 22.8 Å². The van der Waals surface area contributed by atoms with Gasteiger partial charge in [0.05, 0.1) is 17.2 Å². The van der Waals surface area contributed by atoms with Crippen molar-refractivity contribution in [2.45, 2.75) is 32.6 Å². The van der Waals surface area contributed by atoms with E-state index in [-0.39, 0.29) is 17.7 Å². The standard InChI is InChI=1S/C21H26N4O2/c1-15-5-4-10-25(14-15)20(26)16-8-11-24(12-9-16)21(27)19-13-22-17-6-2-3-7-18(17)23-19/h2-3,6-7,13,15-16H,4-5,8-12,14H2,1H3. The Balaban J connectivity index is 1.38. The number of nitrogens with zero attached hydrogens (tertiary/aromatic N) is 4. The van der Waals surface area contributed by atoms with Gasteiger partial charge in [0.2, 0.25) is 5.91 Å². The highest BCUT2D eigenvalue weighted by molar-refractivity contribution is 5.94. The molecule has 2 fully saturated rings. The summed E-state index contributed by atoms with van der Waals surface area (Å²) in [5.41, 5.74) is 1.89. The lowest BCUT2D eigenvalue weighted by molar-refractivity contribution is -0.138. The molecule has 1 unspecified atom stereocenters. The summed E-state index contributed by atoms with van der Waals surface area (Å²) in [5.74, 6) is 0.822. The third-order valence-corrected chi connectivity index (χ3v) is 5.77. The van der Waals surface area contributed by atoms with Gasteiger partial charge in [0, 0.05) is 32.1 Å². The molecule has 1 aromatic heterocycles. The zero-order chi connectivity index (χ0) is 18.8. The maximum absolute atomic E-state index is 12.8. The van der Waals surface area contributed by atoms with Gasteiger partial charge in [-0.15, -0.1) is 0 Å². The number of carbonyl (C=O) groups excluding carboxylic acids is 2. The van der Waals surface area contributed by atoms with Gasteiger partial charge in [0.15, 0.2) is 0 Å². The summed E-state index contributed by atoms with van der Waals surface area (Å²) in [6.45, 7) is 5.19. The topological polar surface area (TPSA) is 66.4 Å². The molecule has 2 saturated heterocycles. The first-order valence-corrected chi connectivity index (χ1v) is 9.91. The number of benzene rings is 1. The Morgan fingerprint density at radius 2 is 1.74 bits per heavy atom. The number of para-hydroxylation sites is 2. The number of rotatable bonds is 2. The molecule has 2 aromatic rings. The fourth-order valence-corrected chi connectivity index (χ4v) is 4.20. The van der Waals surface area contributed by atoms with Crippen LogP contribution in [0.4, 0.5) is 0 Å². The van der Waals surface area contributed by atoms with E-state index in [4.69, 9.17) is 0 Å². The molecule has 4 rings (SSSR count). The minimum absolute atomic E-state index is 0.0436. The second kappa shape index (κ2) is 7.62. The van der Waals surface area contributed by atoms with Crippen molar-refractivity contribution in [2.75, 3.05) is 26.2 Å². The van der Waals surface area contributed by atoms with Crippen molar-refractivity contribution in [1.82, 2.24) is 19.8 Å². The van der Waals surface area contributed by atoms with Crippen molar-refractivity contribution in [2.24, 2.45) is 11.8 Å². The van der Waals surface area contributed by atoms with Crippen LogP contribution in [0.1, 0.15) is 43.1 Å². The van der Waals surface area contributed by atoms with E-state index < -0.39 is 0 Å². The number of aromatic nitrogens is 2. The molecule has 6 heteroatoms. The van der Waals surface area contributed by atoms with E-state index in [1.54, 1.807) is 11.1 Å². The predicted molar refractivity (Wildman–Crippen MR) is 103 cm³/mol. The first kappa shape index (κ1) is 17.9. The molecule has 27 heavy (non-hydrogen) atoms. The molecule has 142 valence electrons. The van der Waals surface area contributed by atoms with Gasteiger partial charge in [-0.2, -0.15) is 0 Å². The molecule has 2 amide bonds. The Morgan fingerprint density at radius 1 is 1.00 bits per heavy atom. The molecule has 0 bridgehead atoms. The number of fused-ring (bicyclic) bond motifs is 1. The molecule has 2 aliphatic rings. The predicted octanol–water partition coefficient (Wildman–Crippen LogP) is 2.74. The Kier molecular flexibility index (Phi) is 5.05. The van der Waals surface area contributed by atoms with Gasteiger partial charge in [-0.1, -0.05) is 19.1 Å². The summed E-state index contributed by atoms with van der Waals surface area (Å²) >= 11 is 0. The monoisotopic (exact) mass is 366 g/mol. The van der Waals surface area contributed by atoms with E-state index in [0.717, 1.165) is 43.4 Å². The number of likely N-dealkylation sites (tertiary alicyclic amines) is 2. The van der Waals surface area contributed by atoms with Crippen molar-refractivity contribution in [1.29, 1.82) is 0 Å². The molecule has 6 nitrogen and oxygen atoms in total. The fourth-order valence-electron chi connectivity index (χ4n) is 4.20. The highest BCUT2D eigenvalue weighted by Gasteiger charge is 2.32. The molecule has 2 aliphatic heterocycles. The molecule has 1 aromatic carbocycles. The molecule has 0 spiro atoms. The first-order chi connectivity index (χ1) is 13.1. The average Bonchev–Trinajstić information content (AvgIpc) is 2.72. The fraction of sp³-hybridized carbons (Fsp3) is 0.524. The molecular formula is C21H26N4O2. The van der Waals surface area contributed by atoms with Gasteiger partial charge in [-0.3, -0.25) is 14.6 Å². The molecule has 0 saturated carbocycles. The molecule has 0 N–H and O–H groups in total. The van der Waals surface area contributed by atoms with Crippen LogP contribution in [0.15, 0.2) is 30.5 Å². The van der Waals surface area contributed by atoms with Crippen molar-refractivity contribution in [3.05, 3.63) is 36.2 Å².